The van der Waals surface area contributed by atoms with Crippen molar-refractivity contribution in [2.45, 2.75) is 19.3 Å². The smallest absolute Gasteiger partial charge is 0.224 e. The number of rotatable bonds is 6. The highest BCUT2D eigenvalue weighted by Gasteiger charge is 2.32. The highest BCUT2D eigenvalue weighted by Crippen LogP contribution is 2.28. The first-order valence-electron chi connectivity index (χ1n) is 7.45. The molecule has 4 nitrogen and oxygen atoms in total. The average molecular weight is 345 g/mol. The molecular weight excluding hydrogens is 323 g/mol. The Labute approximate surface area is 141 Å². The summed E-state index contributed by atoms with van der Waals surface area (Å²) in [4.78, 5) is 12.2. The zero-order chi connectivity index (χ0) is 16.0. The molecule has 0 spiro atoms. The number of nitrogens with one attached hydrogen (secondary N) is 2. The molecule has 0 atom stereocenters. The maximum atomic E-state index is 12.2. The van der Waals surface area contributed by atoms with E-state index in [-0.39, 0.29) is 11.3 Å². The molecule has 0 aromatic heterocycles. The van der Waals surface area contributed by atoms with Crippen molar-refractivity contribution in [1.29, 1.82) is 0 Å². The van der Waals surface area contributed by atoms with Crippen molar-refractivity contribution in [3.8, 4) is 0 Å². The van der Waals surface area contributed by atoms with Gasteiger partial charge in [0.25, 0.3) is 0 Å². The zero-order valence-corrected chi connectivity index (χ0v) is 14.3. The monoisotopic (exact) mass is 344 g/mol. The summed E-state index contributed by atoms with van der Waals surface area (Å²) >= 11 is 11.9. The molecule has 0 aliphatic carbocycles. The molecule has 1 aromatic rings. The van der Waals surface area contributed by atoms with Gasteiger partial charge in [0.05, 0.1) is 23.1 Å². The summed E-state index contributed by atoms with van der Waals surface area (Å²) in [6.45, 7) is 3.24. The van der Waals surface area contributed by atoms with E-state index in [0.717, 1.165) is 31.5 Å². The minimum atomic E-state index is -0.00704. The molecule has 2 rings (SSSR count). The van der Waals surface area contributed by atoms with Crippen LogP contribution in [0.15, 0.2) is 18.2 Å². The average Bonchev–Trinajstić information content (AvgIpc) is 2.50. The van der Waals surface area contributed by atoms with Crippen molar-refractivity contribution in [3.63, 3.8) is 0 Å². The van der Waals surface area contributed by atoms with Crippen LogP contribution in [-0.2, 0) is 16.0 Å². The Morgan fingerprint density at radius 1 is 1.32 bits per heavy atom. The van der Waals surface area contributed by atoms with E-state index in [1.165, 1.54) is 0 Å². The minimum Gasteiger partial charge on any atom is -0.384 e. The Balaban J connectivity index is 1.89. The number of carbonyl (C=O) groups is 1. The number of hydrogen-bond donors (Lipinski definition) is 2. The summed E-state index contributed by atoms with van der Waals surface area (Å²) in [5.74, 6) is -0.00704. The van der Waals surface area contributed by atoms with Gasteiger partial charge in [-0.1, -0.05) is 29.3 Å². The molecule has 0 saturated carbocycles. The van der Waals surface area contributed by atoms with E-state index in [2.05, 4.69) is 10.6 Å². The maximum absolute atomic E-state index is 12.2. The fourth-order valence-corrected chi connectivity index (χ4v) is 3.14. The van der Waals surface area contributed by atoms with Gasteiger partial charge in [-0.05, 0) is 43.6 Å². The van der Waals surface area contributed by atoms with Gasteiger partial charge >= 0.3 is 0 Å². The topological polar surface area (TPSA) is 50.4 Å². The van der Waals surface area contributed by atoms with Crippen LogP contribution in [-0.4, -0.2) is 39.3 Å². The molecule has 2 N–H and O–H groups in total. The molecule has 0 unspecified atom stereocenters. The van der Waals surface area contributed by atoms with Crippen molar-refractivity contribution >= 4 is 29.1 Å². The van der Waals surface area contributed by atoms with E-state index < -0.39 is 0 Å². The summed E-state index contributed by atoms with van der Waals surface area (Å²) in [6.07, 6.45) is 2.32. The molecule has 22 heavy (non-hydrogen) atoms. The van der Waals surface area contributed by atoms with Gasteiger partial charge in [0, 0.05) is 19.1 Å². The second-order valence-electron chi connectivity index (χ2n) is 5.88. The van der Waals surface area contributed by atoms with Crippen molar-refractivity contribution in [1.82, 2.24) is 10.6 Å². The first-order chi connectivity index (χ1) is 10.5. The van der Waals surface area contributed by atoms with Crippen LogP contribution in [0.5, 0.6) is 0 Å². The number of hydrogen-bond acceptors (Lipinski definition) is 3. The Morgan fingerprint density at radius 3 is 2.68 bits per heavy atom. The lowest BCUT2D eigenvalue weighted by molar-refractivity contribution is -0.121. The van der Waals surface area contributed by atoms with Gasteiger partial charge in [0.2, 0.25) is 5.91 Å². The van der Waals surface area contributed by atoms with Gasteiger partial charge in [0.15, 0.2) is 0 Å². The van der Waals surface area contributed by atoms with Crippen LogP contribution in [0.25, 0.3) is 0 Å². The molecule has 122 valence electrons. The van der Waals surface area contributed by atoms with Crippen LogP contribution >= 0.6 is 23.2 Å². The van der Waals surface area contributed by atoms with Crippen LogP contribution < -0.4 is 10.6 Å². The van der Waals surface area contributed by atoms with Crippen LogP contribution in [0.3, 0.4) is 0 Å². The summed E-state index contributed by atoms with van der Waals surface area (Å²) < 4.78 is 5.35. The summed E-state index contributed by atoms with van der Waals surface area (Å²) in [7, 11) is 1.71. The Morgan fingerprint density at radius 2 is 2.05 bits per heavy atom. The highest BCUT2D eigenvalue weighted by molar-refractivity contribution is 6.42. The van der Waals surface area contributed by atoms with E-state index in [9.17, 15) is 4.79 Å². The third-order valence-corrected chi connectivity index (χ3v) is 4.86. The largest absolute Gasteiger partial charge is 0.384 e. The van der Waals surface area contributed by atoms with Gasteiger partial charge in [0.1, 0.15) is 0 Å². The standard InChI is InChI=1S/C16H22Cl2N2O2/c1-22-11-16(4-6-19-7-5-16)10-20-15(21)9-12-2-3-13(17)14(18)8-12/h2-3,8,19H,4-7,9-11H2,1H3,(H,20,21). The lowest BCUT2D eigenvalue weighted by Crippen LogP contribution is -2.47. The molecule has 1 aromatic carbocycles. The second-order valence-corrected chi connectivity index (χ2v) is 6.70. The van der Waals surface area contributed by atoms with Crippen LogP contribution in [0.2, 0.25) is 10.0 Å². The van der Waals surface area contributed by atoms with Gasteiger partial charge in [-0.25, -0.2) is 0 Å². The number of carbonyl (C=O) groups excluding carboxylic acids is 1. The highest BCUT2D eigenvalue weighted by atomic mass is 35.5. The molecule has 1 heterocycles. The van der Waals surface area contributed by atoms with Gasteiger partial charge in [-0.3, -0.25) is 4.79 Å². The third kappa shape index (κ3) is 4.85. The van der Waals surface area contributed by atoms with Crippen molar-refractivity contribution in [2.75, 3.05) is 33.4 Å². The maximum Gasteiger partial charge on any atom is 0.224 e. The number of halogens is 2. The van der Waals surface area contributed by atoms with Crippen molar-refractivity contribution < 1.29 is 9.53 Å². The van der Waals surface area contributed by atoms with Crippen LogP contribution in [0.4, 0.5) is 0 Å². The fraction of sp³-hybridized carbons (Fsp3) is 0.562. The minimum absolute atomic E-state index is 0.00704. The first kappa shape index (κ1) is 17.5. The van der Waals surface area contributed by atoms with E-state index in [4.69, 9.17) is 27.9 Å². The van der Waals surface area contributed by atoms with E-state index >= 15 is 0 Å². The van der Waals surface area contributed by atoms with Crippen molar-refractivity contribution in [3.05, 3.63) is 33.8 Å². The molecular formula is C16H22Cl2N2O2. The molecule has 1 amide bonds. The number of ether oxygens (including phenoxy) is 1. The summed E-state index contributed by atoms with van der Waals surface area (Å²) in [5, 5.41) is 7.35. The molecule has 1 aliphatic heterocycles. The normalized spacial score (nSPS) is 17.2. The van der Waals surface area contributed by atoms with Gasteiger partial charge in [-0.15, -0.1) is 0 Å². The van der Waals surface area contributed by atoms with Crippen molar-refractivity contribution in [2.24, 2.45) is 5.41 Å². The number of methoxy groups -OCH3 is 1. The zero-order valence-electron chi connectivity index (χ0n) is 12.8. The summed E-state index contributed by atoms with van der Waals surface area (Å²) in [6, 6.07) is 5.27. The van der Waals surface area contributed by atoms with Gasteiger partial charge in [-0.2, -0.15) is 0 Å². The predicted octanol–water partition coefficient (Wildman–Crippen LogP) is 2.67. The number of piperidine rings is 1. The molecule has 6 heteroatoms. The molecule has 1 aliphatic rings. The fourth-order valence-electron chi connectivity index (χ4n) is 2.82. The Kier molecular flexibility index (Phi) is 6.50. The van der Waals surface area contributed by atoms with Gasteiger partial charge < -0.3 is 15.4 Å². The quantitative estimate of drug-likeness (QED) is 0.834. The summed E-state index contributed by atoms with van der Waals surface area (Å²) in [5.41, 5.74) is 0.894. The van der Waals surface area contributed by atoms with E-state index in [0.29, 0.717) is 29.6 Å². The lowest BCUT2D eigenvalue weighted by Gasteiger charge is -2.37. The predicted molar refractivity (Wildman–Crippen MR) is 89.6 cm³/mol. The SMILES string of the molecule is COCC1(CNC(=O)Cc2ccc(Cl)c(Cl)c2)CCNCC1. The van der Waals surface area contributed by atoms with Crippen LogP contribution in [0.1, 0.15) is 18.4 Å². The third-order valence-electron chi connectivity index (χ3n) is 4.12. The molecule has 1 fully saturated rings. The number of amides is 1. The lowest BCUT2D eigenvalue weighted by atomic mass is 9.79. The second kappa shape index (κ2) is 8.16. The number of benzene rings is 1. The van der Waals surface area contributed by atoms with E-state index in [1.807, 2.05) is 6.07 Å². The van der Waals surface area contributed by atoms with Crippen LogP contribution in [0, 0.1) is 5.41 Å². The molecule has 0 bridgehead atoms. The Bertz CT molecular complexity index is 511. The first-order valence-corrected chi connectivity index (χ1v) is 8.20. The van der Waals surface area contributed by atoms with E-state index in [1.54, 1.807) is 19.2 Å². The molecule has 1 saturated heterocycles. The Hall–Kier alpha value is -0.810. The molecule has 0 radical (unpaired) electrons.